The summed E-state index contributed by atoms with van der Waals surface area (Å²) in [6.07, 6.45) is 0.155. The van der Waals surface area contributed by atoms with E-state index in [2.05, 4.69) is 5.43 Å². The number of benzene rings is 2. The van der Waals surface area contributed by atoms with Gasteiger partial charge in [0.2, 0.25) is 0 Å². The molecule has 2 aromatic rings. The molecule has 2 nitrogen and oxygen atoms in total. The summed E-state index contributed by atoms with van der Waals surface area (Å²) in [7, 11) is 0. The van der Waals surface area contributed by atoms with Gasteiger partial charge >= 0.3 is 0 Å². The monoisotopic (exact) mass is 334 g/mol. The minimum atomic E-state index is -0.754. The summed E-state index contributed by atoms with van der Waals surface area (Å²) >= 11 is 11.1. The van der Waals surface area contributed by atoms with Gasteiger partial charge in [0.1, 0.15) is 17.5 Å². The molecule has 0 heterocycles. The van der Waals surface area contributed by atoms with Crippen LogP contribution in [0.2, 0.25) is 10.0 Å². The molecule has 0 bridgehead atoms. The van der Waals surface area contributed by atoms with Gasteiger partial charge in [-0.1, -0.05) is 29.3 Å². The molecule has 21 heavy (non-hydrogen) atoms. The lowest BCUT2D eigenvalue weighted by molar-refractivity contribution is 0.501. The highest BCUT2D eigenvalue weighted by Gasteiger charge is 2.18. The lowest BCUT2D eigenvalue weighted by atomic mass is 9.98. The average molecular weight is 335 g/mol. The molecule has 0 aliphatic carbocycles. The van der Waals surface area contributed by atoms with Crippen molar-refractivity contribution in [1.29, 1.82) is 0 Å². The van der Waals surface area contributed by atoms with Gasteiger partial charge < -0.3 is 0 Å². The van der Waals surface area contributed by atoms with Crippen molar-refractivity contribution in [3.05, 3.63) is 69.0 Å². The summed E-state index contributed by atoms with van der Waals surface area (Å²) < 4.78 is 40.7. The van der Waals surface area contributed by atoms with Crippen LogP contribution in [0.15, 0.2) is 30.3 Å². The van der Waals surface area contributed by atoms with Gasteiger partial charge in [-0.05, 0) is 36.2 Å². The van der Waals surface area contributed by atoms with Gasteiger partial charge in [0, 0.05) is 5.56 Å². The zero-order valence-electron chi connectivity index (χ0n) is 10.6. The van der Waals surface area contributed by atoms with Crippen molar-refractivity contribution in [2.24, 2.45) is 5.84 Å². The quantitative estimate of drug-likeness (QED) is 0.500. The fourth-order valence-corrected chi connectivity index (χ4v) is 2.23. The zero-order chi connectivity index (χ0) is 15.6. The van der Waals surface area contributed by atoms with E-state index >= 15 is 0 Å². The first-order valence-corrected chi connectivity index (χ1v) is 6.72. The molecule has 0 aliphatic heterocycles. The second-order valence-electron chi connectivity index (χ2n) is 4.46. The summed E-state index contributed by atoms with van der Waals surface area (Å²) in [5.74, 6) is 3.35. The van der Waals surface area contributed by atoms with Crippen LogP contribution in [0.25, 0.3) is 0 Å². The van der Waals surface area contributed by atoms with E-state index in [0.717, 1.165) is 12.1 Å². The molecule has 0 fully saturated rings. The van der Waals surface area contributed by atoms with Crippen LogP contribution in [0.5, 0.6) is 0 Å². The zero-order valence-corrected chi connectivity index (χ0v) is 12.2. The molecule has 3 N–H and O–H groups in total. The number of rotatable bonds is 4. The Hall–Kier alpha value is -1.27. The Kier molecular flexibility index (Phi) is 5.11. The Bertz CT molecular complexity index is 665. The van der Waals surface area contributed by atoms with Gasteiger partial charge in [-0.2, -0.15) is 0 Å². The van der Waals surface area contributed by atoms with Crippen molar-refractivity contribution in [2.45, 2.75) is 12.5 Å². The van der Waals surface area contributed by atoms with Crippen LogP contribution in [-0.2, 0) is 6.42 Å². The van der Waals surface area contributed by atoms with Crippen LogP contribution < -0.4 is 11.3 Å². The largest absolute Gasteiger partial charge is 0.271 e. The van der Waals surface area contributed by atoms with E-state index in [0.29, 0.717) is 5.56 Å². The minimum absolute atomic E-state index is 0.00904. The molecule has 0 saturated carbocycles. The van der Waals surface area contributed by atoms with Crippen molar-refractivity contribution in [3.8, 4) is 0 Å². The molecular weight excluding hydrogens is 324 g/mol. The summed E-state index contributed by atoms with van der Waals surface area (Å²) in [6.45, 7) is 0. The molecule has 0 saturated heterocycles. The second-order valence-corrected chi connectivity index (χ2v) is 5.27. The fourth-order valence-electron chi connectivity index (χ4n) is 1.97. The third kappa shape index (κ3) is 3.68. The molecule has 0 radical (unpaired) electrons. The van der Waals surface area contributed by atoms with Crippen molar-refractivity contribution in [3.63, 3.8) is 0 Å². The van der Waals surface area contributed by atoms with Gasteiger partial charge in [0.15, 0.2) is 0 Å². The molecule has 1 unspecified atom stereocenters. The summed E-state index contributed by atoms with van der Waals surface area (Å²) in [4.78, 5) is 0. The van der Waals surface area contributed by atoms with E-state index in [1.165, 1.54) is 12.1 Å². The highest BCUT2D eigenvalue weighted by Crippen LogP contribution is 2.26. The van der Waals surface area contributed by atoms with Gasteiger partial charge in [-0.3, -0.25) is 11.3 Å². The number of hydrogen-bond acceptors (Lipinski definition) is 2. The Morgan fingerprint density at radius 3 is 2.24 bits per heavy atom. The number of hydrazine groups is 1. The van der Waals surface area contributed by atoms with E-state index in [-0.39, 0.29) is 22.0 Å². The van der Waals surface area contributed by atoms with E-state index in [1.54, 1.807) is 6.07 Å². The number of nitrogens with two attached hydrogens (primary N) is 1. The Balaban J connectivity index is 2.31. The lowest BCUT2D eigenvalue weighted by Gasteiger charge is -2.18. The smallest absolute Gasteiger partial charge is 0.142 e. The fraction of sp³-hybridized carbons (Fsp3) is 0.143. The molecular formula is C14H11Cl2F3N2. The first-order chi connectivity index (χ1) is 9.92. The highest BCUT2D eigenvalue weighted by atomic mass is 35.5. The minimum Gasteiger partial charge on any atom is -0.271 e. The van der Waals surface area contributed by atoms with Gasteiger partial charge in [0.05, 0.1) is 16.1 Å². The van der Waals surface area contributed by atoms with Crippen molar-refractivity contribution < 1.29 is 13.2 Å². The predicted octanol–water partition coefficient (Wildman–Crippen LogP) is 4.16. The van der Waals surface area contributed by atoms with E-state index < -0.39 is 23.5 Å². The van der Waals surface area contributed by atoms with E-state index in [9.17, 15) is 13.2 Å². The molecule has 112 valence electrons. The molecule has 0 aliphatic rings. The topological polar surface area (TPSA) is 38.0 Å². The molecule has 2 aromatic carbocycles. The number of halogens is 5. The standard InChI is InChI=1S/C14H11Cl2F3N2/c15-9-2-1-7(3-12(9)18)4-14(21-20)8-5-13(19)10(16)6-11(8)17/h1-3,5-6,14,21H,4,20H2. The Morgan fingerprint density at radius 1 is 0.952 bits per heavy atom. The lowest BCUT2D eigenvalue weighted by Crippen LogP contribution is -2.30. The first kappa shape index (κ1) is 16.1. The van der Waals surface area contributed by atoms with Crippen LogP contribution in [0.1, 0.15) is 17.2 Å². The third-order valence-electron chi connectivity index (χ3n) is 3.04. The Labute approximate surface area is 129 Å². The molecule has 1 atom stereocenters. The van der Waals surface area contributed by atoms with E-state index in [4.69, 9.17) is 29.0 Å². The third-order valence-corrected chi connectivity index (χ3v) is 3.64. The van der Waals surface area contributed by atoms with Crippen LogP contribution >= 0.6 is 23.2 Å². The summed E-state index contributed by atoms with van der Waals surface area (Å²) in [5.41, 5.74) is 2.93. The van der Waals surface area contributed by atoms with Gasteiger partial charge in [-0.15, -0.1) is 0 Å². The Morgan fingerprint density at radius 2 is 1.62 bits per heavy atom. The summed E-state index contributed by atoms with van der Waals surface area (Å²) in [5, 5.41) is -0.329. The van der Waals surface area contributed by atoms with Gasteiger partial charge in [0.25, 0.3) is 0 Å². The number of nitrogens with one attached hydrogen (secondary N) is 1. The predicted molar refractivity (Wildman–Crippen MR) is 76.5 cm³/mol. The maximum absolute atomic E-state index is 13.9. The highest BCUT2D eigenvalue weighted by molar-refractivity contribution is 6.31. The molecule has 0 aromatic heterocycles. The maximum atomic E-state index is 13.9. The van der Waals surface area contributed by atoms with Crippen LogP contribution in [-0.4, -0.2) is 0 Å². The van der Waals surface area contributed by atoms with Crippen LogP contribution in [0, 0.1) is 17.5 Å². The maximum Gasteiger partial charge on any atom is 0.142 e. The average Bonchev–Trinajstić information content (AvgIpc) is 2.44. The second kappa shape index (κ2) is 6.66. The SMILES string of the molecule is NNC(Cc1ccc(Cl)c(F)c1)c1cc(F)c(Cl)cc1F. The molecule has 0 spiro atoms. The van der Waals surface area contributed by atoms with Gasteiger partial charge in [-0.25, -0.2) is 13.2 Å². The van der Waals surface area contributed by atoms with Crippen molar-refractivity contribution in [2.75, 3.05) is 0 Å². The normalized spacial score (nSPS) is 12.5. The van der Waals surface area contributed by atoms with Crippen LogP contribution in [0.3, 0.4) is 0 Å². The van der Waals surface area contributed by atoms with E-state index in [1.807, 2.05) is 0 Å². The van der Waals surface area contributed by atoms with Crippen LogP contribution in [0.4, 0.5) is 13.2 Å². The summed E-state index contributed by atoms with van der Waals surface area (Å²) in [6, 6.07) is 5.29. The molecule has 7 heteroatoms. The van der Waals surface area contributed by atoms with Crippen molar-refractivity contribution >= 4 is 23.2 Å². The van der Waals surface area contributed by atoms with Crippen molar-refractivity contribution in [1.82, 2.24) is 5.43 Å². The number of hydrogen-bond donors (Lipinski definition) is 2. The molecule has 0 amide bonds. The molecule has 2 rings (SSSR count). The first-order valence-electron chi connectivity index (χ1n) is 5.97.